The number of hydrogen-bond donors (Lipinski definition) is 0. The van der Waals surface area contributed by atoms with Gasteiger partial charge in [0.1, 0.15) is 11.2 Å². The van der Waals surface area contributed by atoms with Crippen LogP contribution in [0.1, 0.15) is 0 Å². The van der Waals surface area contributed by atoms with E-state index in [0.717, 1.165) is 50.0 Å². The van der Waals surface area contributed by atoms with Gasteiger partial charge < -0.3 is 13.6 Å². The number of nitrogens with zero attached hydrogens (tertiary/aromatic N) is 2. The minimum atomic E-state index is 0.901. The lowest BCUT2D eigenvalue weighted by atomic mass is 9.93. The molecule has 0 radical (unpaired) electrons. The highest BCUT2D eigenvalue weighted by Gasteiger charge is 2.20. The van der Waals surface area contributed by atoms with Crippen LogP contribution in [-0.4, -0.2) is 9.13 Å². The van der Waals surface area contributed by atoms with E-state index in [4.69, 9.17) is 4.42 Å². The fourth-order valence-corrected chi connectivity index (χ4v) is 10.1. The molecular formula is C60H38N2O. The summed E-state index contributed by atoms with van der Waals surface area (Å²) in [5.74, 6) is 0. The maximum Gasteiger partial charge on any atom is 0.143 e. The number of para-hydroxylation sites is 4. The minimum Gasteiger partial charge on any atom is -0.455 e. The fourth-order valence-electron chi connectivity index (χ4n) is 10.1. The first-order valence-electron chi connectivity index (χ1n) is 21.6. The molecule has 3 heteroatoms. The molecule has 13 aromatic rings. The van der Waals surface area contributed by atoms with Crippen molar-refractivity contribution in [3.63, 3.8) is 0 Å². The van der Waals surface area contributed by atoms with Gasteiger partial charge >= 0.3 is 0 Å². The number of fused-ring (bicyclic) bond motifs is 9. The lowest BCUT2D eigenvalue weighted by molar-refractivity contribution is 0.670. The molecule has 0 bridgehead atoms. The standard InChI is InChI=1S/C60H38N2O/c1-3-14-41(15-4-1)48-37-36-47(59-52-20-9-12-25-57(52)63-60(48)59)42-28-26-39(27-29-42)40-30-33-45(34-31-40)61-54-23-11-8-19-51(54)58-46(21-13-24-55(58)61)43-32-35-50-49-18-7-10-22-53(49)62(56(50)38-43)44-16-5-2-6-17-44/h1-38H. The number of furan rings is 1. The van der Waals surface area contributed by atoms with E-state index < -0.39 is 0 Å². The maximum absolute atomic E-state index is 6.56. The highest BCUT2D eigenvalue weighted by molar-refractivity contribution is 6.18. The molecule has 13 rings (SSSR count). The largest absolute Gasteiger partial charge is 0.455 e. The minimum absolute atomic E-state index is 0.901. The predicted molar refractivity (Wildman–Crippen MR) is 264 cm³/mol. The molecule has 3 aromatic heterocycles. The first-order chi connectivity index (χ1) is 31.3. The molecule has 0 N–H and O–H groups in total. The summed E-state index contributed by atoms with van der Waals surface area (Å²) in [4.78, 5) is 0. The van der Waals surface area contributed by atoms with Crippen molar-refractivity contribution in [3.8, 4) is 55.9 Å². The Kier molecular flexibility index (Phi) is 7.91. The summed E-state index contributed by atoms with van der Waals surface area (Å²) < 4.78 is 11.4. The first-order valence-corrected chi connectivity index (χ1v) is 21.6. The summed E-state index contributed by atoms with van der Waals surface area (Å²) in [6.45, 7) is 0. The van der Waals surface area contributed by atoms with Gasteiger partial charge in [0.2, 0.25) is 0 Å². The Balaban J connectivity index is 0.887. The number of benzene rings is 10. The Labute approximate surface area is 363 Å². The molecule has 3 heterocycles. The molecule has 63 heavy (non-hydrogen) atoms. The van der Waals surface area contributed by atoms with Crippen LogP contribution in [0.25, 0.3) is 121 Å². The van der Waals surface area contributed by atoms with Crippen molar-refractivity contribution in [2.45, 2.75) is 0 Å². The Bertz CT molecular complexity index is 3870. The van der Waals surface area contributed by atoms with E-state index in [9.17, 15) is 0 Å². The molecule has 0 amide bonds. The molecule has 0 aliphatic carbocycles. The summed E-state index contributed by atoms with van der Waals surface area (Å²) >= 11 is 0. The second-order valence-electron chi connectivity index (χ2n) is 16.4. The molecule has 0 unspecified atom stereocenters. The highest BCUT2D eigenvalue weighted by atomic mass is 16.3. The predicted octanol–water partition coefficient (Wildman–Crippen LogP) is 16.4. The zero-order chi connectivity index (χ0) is 41.4. The van der Waals surface area contributed by atoms with E-state index in [-0.39, 0.29) is 0 Å². The summed E-state index contributed by atoms with van der Waals surface area (Å²) in [7, 11) is 0. The van der Waals surface area contributed by atoms with E-state index >= 15 is 0 Å². The van der Waals surface area contributed by atoms with Crippen LogP contribution < -0.4 is 0 Å². The van der Waals surface area contributed by atoms with Crippen LogP contribution >= 0.6 is 0 Å². The molecule has 0 saturated carbocycles. The van der Waals surface area contributed by atoms with Crippen molar-refractivity contribution < 1.29 is 4.42 Å². The molecule has 0 saturated heterocycles. The number of aromatic nitrogens is 2. The normalized spacial score (nSPS) is 11.8. The van der Waals surface area contributed by atoms with Gasteiger partial charge in [-0.3, -0.25) is 0 Å². The summed E-state index contributed by atoms with van der Waals surface area (Å²) in [5, 5.41) is 7.28. The van der Waals surface area contributed by atoms with Crippen LogP contribution in [0.3, 0.4) is 0 Å². The Hall–Kier alpha value is -8.40. The molecule has 0 atom stereocenters. The molecule has 0 spiro atoms. The SMILES string of the molecule is c1ccc(-c2ccc(-c3ccc(-c4ccc(-n5c6ccccc6c6c(-c7ccc8c9ccccc9n(-c9ccccc9)c8c7)cccc65)cc4)cc3)c3c2oc2ccccc23)cc1. The maximum atomic E-state index is 6.56. The zero-order valence-corrected chi connectivity index (χ0v) is 34.2. The molecule has 10 aromatic carbocycles. The van der Waals surface area contributed by atoms with Gasteiger partial charge in [-0.15, -0.1) is 0 Å². The van der Waals surface area contributed by atoms with Gasteiger partial charge in [-0.25, -0.2) is 0 Å². The monoisotopic (exact) mass is 802 g/mol. The van der Waals surface area contributed by atoms with Crippen molar-refractivity contribution in [3.05, 3.63) is 231 Å². The van der Waals surface area contributed by atoms with Gasteiger partial charge in [-0.2, -0.15) is 0 Å². The van der Waals surface area contributed by atoms with E-state index in [2.05, 4.69) is 234 Å². The second-order valence-corrected chi connectivity index (χ2v) is 16.4. The van der Waals surface area contributed by atoms with E-state index in [1.165, 1.54) is 71.4 Å². The van der Waals surface area contributed by atoms with Crippen LogP contribution in [0.2, 0.25) is 0 Å². The van der Waals surface area contributed by atoms with Crippen molar-refractivity contribution in [1.29, 1.82) is 0 Å². The summed E-state index contributed by atoms with van der Waals surface area (Å²) in [6, 6.07) is 83.3. The van der Waals surface area contributed by atoms with Gasteiger partial charge in [0, 0.05) is 49.3 Å². The quantitative estimate of drug-likeness (QED) is 0.164. The van der Waals surface area contributed by atoms with Crippen molar-refractivity contribution in [2.24, 2.45) is 0 Å². The van der Waals surface area contributed by atoms with Crippen molar-refractivity contribution in [1.82, 2.24) is 9.13 Å². The van der Waals surface area contributed by atoms with E-state index in [1.54, 1.807) is 0 Å². The van der Waals surface area contributed by atoms with E-state index in [1.807, 2.05) is 6.07 Å². The van der Waals surface area contributed by atoms with Crippen LogP contribution in [-0.2, 0) is 0 Å². The molecular weight excluding hydrogens is 765 g/mol. The Morgan fingerprint density at radius 3 is 1.56 bits per heavy atom. The number of rotatable bonds is 6. The zero-order valence-electron chi connectivity index (χ0n) is 34.2. The third-order valence-electron chi connectivity index (χ3n) is 13.0. The molecule has 0 aliphatic rings. The molecule has 294 valence electrons. The topological polar surface area (TPSA) is 23.0 Å². The van der Waals surface area contributed by atoms with Gasteiger partial charge in [0.05, 0.1) is 22.1 Å². The smallest absolute Gasteiger partial charge is 0.143 e. The van der Waals surface area contributed by atoms with Crippen LogP contribution in [0.15, 0.2) is 235 Å². The average molecular weight is 803 g/mol. The molecule has 0 aliphatic heterocycles. The van der Waals surface area contributed by atoms with Crippen LogP contribution in [0.5, 0.6) is 0 Å². The van der Waals surface area contributed by atoms with Gasteiger partial charge in [0.15, 0.2) is 0 Å². The lowest BCUT2D eigenvalue weighted by Crippen LogP contribution is -1.94. The van der Waals surface area contributed by atoms with Gasteiger partial charge in [-0.1, -0.05) is 170 Å². The average Bonchev–Trinajstić information content (AvgIpc) is 4.02. The van der Waals surface area contributed by atoms with Crippen molar-refractivity contribution in [2.75, 3.05) is 0 Å². The van der Waals surface area contributed by atoms with Crippen LogP contribution in [0.4, 0.5) is 0 Å². The summed E-state index contributed by atoms with van der Waals surface area (Å²) in [5.41, 5.74) is 18.2. The Morgan fingerprint density at radius 1 is 0.270 bits per heavy atom. The van der Waals surface area contributed by atoms with Gasteiger partial charge in [-0.05, 0) is 99.6 Å². The Morgan fingerprint density at radius 2 is 0.778 bits per heavy atom. The van der Waals surface area contributed by atoms with E-state index in [0.29, 0.717) is 0 Å². The van der Waals surface area contributed by atoms with Crippen LogP contribution in [0, 0.1) is 0 Å². The molecule has 3 nitrogen and oxygen atoms in total. The first kappa shape index (κ1) is 35.4. The second kappa shape index (κ2) is 14.1. The number of hydrogen-bond acceptors (Lipinski definition) is 1. The molecule has 0 fully saturated rings. The van der Waals surface area contributed by atoms with Crippen molar-refractivity contribution >= 4 is 65.6 Å². The summed E-state index contributed by atoms with van der Waals surface area (Å²) in [6.07, 6.45) is 0. The third-order valence-corrected chi connectivity index (χ3v) is 13.0. The highest BCUT2D eigenvalue weighted by Crippen LogP contribution is 2.44. The fraction of sp³-hybridized carbons (Fsp3) is 0. The third kappa shape index (κ3) is 5.53. The van der Waals surface area contributed by atoms with Gasteiger partial charge in [0.25, 0.3) is 0 Å². The lowest BCUT2D eigenvalue weighted by Gasteiger charge is -2.12.